The average Bonchev–Trinajstić information content (AvgIpc) is 2.17. The number of nitrogens with zero attached hydrogens (tertiary/aromatic N) is 1. The Hall–Kier alpha value is -0.180. The summed E-state index contributed by atoms with van der Waals surface area (Å²) in [6, 6.07) is 0. The van der Waals surface area contributed by atoms with Crippen LogP contribution in [0.1, 0.15) is 32.6 Å². The summed E-state index contributed by atoms with van der Waals surface area (Å²) in [6.45, 7) is 3.88. The van der Waals surface area contributed by atoms with Gasteiger partial charge in [0.25, 0.3) is 0 Å². The molecular weight excluding hydrogens is 170 g/mol. The van der Waals surface area contributed by atoms with Crippen molar-refractivity contribution in [1.29, 1.82) is 0 Å². The third-order valence-corrected chi connectivity index (χ3v) is 2.93. The topological polar surface area (TPSA) is 20.3 Å². The Kier molecular flexibility index (Phi) is 3.92. The number of carbonyl (C=O) groups excluding carboxylic acids is 1. The predicted molar refractivity (Wildman–Crippen MR) is 53.5 cm³/mol. The van der Waals surface area contributed by atoms with Gasteiger partial charge in [-0.25, -0.2) is 0 Å². The lowest BCUT2D eigenvalue weighted by molar-refractivity contribution is -0.131. The van der Waals surface area contributed by atoms with Crippen molar-refractivity contribution in [2.75, 3.05) is 13.1 Å². The molecule has 12 heavy (non-hydrogen) atoms. The molecule has 0 aromatic rings. The highest BCUT2D eigenvalue weighted by Crippen LogP contribution is 2.13. The van der Waals surface area contributed by atoms with Crippen molar-refractivity contribution in [3.05, 3.63) is 0 Å². The molecule has 1 heterocycles. The molecule has 1 saturated heterocycles. The van der Waals surface area contributed by atoms with Crippen molar-refractivity contribution in [2.24, 2.45) is 0 Å². The van der Waals surface area contributed by atoms with Gasteiger partial charge >= 0.3 is 0 Å². The van der Waals surface area contributed by atoms with E-state index in [9.17, 15) is 4.79 Å². The van der Waals surface area contributed by atoms with Gasteiger partial charge in [0.1, 0.15) is 0 Å². The fourth-order valence-electron chi connectivity index (χ4n) is 1.50. The first-order valence-corrected chi connectivity index (χ1v) is 5.24. The molecule has 70 valence electrons. The Balaban J connectivity index is 2.39. The summed E-state index contributed by atoms with van der Waals surface area (Å²) in [5.74, 6) is 0.223. The van der Waals surface area contributed by atoms with E-state index in [-0.39, 0.29) is 11.2 Å². The van der Waals surface area contributed by atoms with Gasteiger partial charge in [0.05, 0.1) is 5.25 Å². The molecule has 3 heteroatoms. The van der Waals surface area contributed by atoms with Gasteiger partial charge in [0.2, 0.25) is 5.91 Å². The van der Waals surface area contributed by atoms with Gasteiger partial charge in [-0.3, -0.25) is 4.79 Å². The Labute approximate surface area is 79.7 Å². The molecule has 0 aromatic heterocycles. The van der Waals surface area contributed by atoms with Crippen molar-refractivity contribution in [3.63, 3.8) is 0 Å². The highest BCUT2D eigenvalue weighted by atomic mass is 32.1. The number of carbonyl (C=O) groups is 1. The van der Waals surface area contributed by atoms with Crippen molar-refractivity contribution < 1.29 is 4.79 Å². The number of rotatable bonds is 2. The van der Waals surface area contributed by atoms with Crippen LogP contribution in [0.5, 0.6) is 0 Å². The van der Waals surface area contributed by atoms with Gasteiger partial charge in [-0.05, 0) is 25.7 Å². The molecule has 1 unspecified atom stereocenters. The molecule has 0 N–H and O–H groups in total. The molecule has 2 nitrogen and oxygen atoms in total. The first kappa shape index (κ1) is 9.90. The predicted octanol–water partition coefficient (Wildman–Crippen LogP) is 1.71. The summed E-state index contributed by atoms with van der Waals surface area (Å²) < 4.78 is 0. The standard InChI is InChI=1S/C9H17NOS/c1-2-8(12)9(11)10-6-4-3-5-7-10/h8,12H,2-7H2,1H3. The molecule has 1 aliphatic rings. The molecule has 1 fully saturated rings. The summed E-state index contributed by atoms with van der Waals surface area (Å²) in [5, 5.41) is -0.0805. The number of hydrogen-bond acceptors (Lipinski definition) is 2. The van der Waals surface area contributed by atoms with Gasteiger partial charge in [0.15, 0.2) is 0 Å². The third-order valence-electron chi connectivity index (χ3n) is 2.34. The minimum absolute atomic E-state index is 0.0805. The van der Waals surface area contributed by atoms with E-state index in [4.69, 9.17) is 0 Å². The molecule has 1 aliphatic heterocycles. The second-order valence-electron chi connectivity index (χ2n) is 3.31. The lowest BCUT2D eigenvalue weighted by Gasteiger charge is -2.28. The molecule has 1 atom stereocenters. The molecule has 0 radical (unpaired) electrons. The maximum Gasteiger partial charge on any atom is 0.235 e. The van der Waals surface area contributed by atoms with Crippen molar-refractivity contribution >= 4 is 18.5 Å². The summed E-state index contributed by atoms with van der Waals surface area (Å²) >= 11 is 4.24. The van der Waals surface area contributed by atoms with Crippen molar-refractivity contribution in [2.45, 2.75) is 37.9 Å². The van der Waals surface area contributed by atoms with Crippen LogP contribution in [0.15, 0.2) is 0 Å². The van der Waals surface area contributed by atoms with E-state index in [0.29, 0.717) is 0 Å². The second-order valence-corrected chi connectivity index (χ2v) is 3.93. The lowest BCUT2D eigenvalue weighted by atomic mass is 10.1. The number of likely N-dealkylation sites (tertiary alicyclic amines) is 1. The SMILES string of the molecule is CCC(S)C(=O)N1CCCCC1. The number of hydrogen-bond donors (Lipinski definition) is 1. The van der Waals surface area contributed by atoms with Crippen molar-refractivity contribution in [1.82, 2.24) is 4.90 Å². The Morgan fingerprint density at radius 1 is 1.42 bits per heavy atom. The van der Waals surface area contributed by atoms with Gasteiger partial charge in [-0.1, -0.05) is 6.92 Å². The minimum Gasteiger partial charge on any atom is -0.342 e. The third kappa shape index (κ3) is 2.41. The fraction of sp³-hybridized carbons (Fsp3) is 0.889. The average molecular weight is 187 g/mol. The van der Waals surface area contributed by atoms with Crippen LogP contribution in [0.25, 0.3) is 0 Å². The monoisotopic (exact) mass is 187 g/mol. The molecule has 1 rings (SSSR count). The van der Waals surface area contributed by atoms with E-state index < -0.39 is 0 Å². The van der Waals surface area contributed by atoms with Crippen LogP contribution in [0.4, 0.5) is 0 Å². The van der Waals surface area contributed by atoms with Crippen LogP contribution in [0, 0.1) is 0 Å². The molecule has 0 bridgehead atoms. The summed E-state index contributed by atoms with van der Waals surface area (Å²) in [4.78, 5) is 13.5. The molecule has 0 aliphatic carbocycles. The first-order chi connectivity index (χ1) is 5.75. The van der Waals surface area contributed by atoms with Crippen LogP contribution in [0.2, 0.25) is 0 Å². The van der Waals surface area contributed by atoms with E-state index in [0.717, 1.165) is 32.4 Å². The van der Waals surface area contributed by atoms with Crippen LogP contribution < -0.4 is 0 Å². The highest BCUT2D eigenvalue weighted by Gasteiger charge is 2.20. The molecule has 1 amide bonds. The quantitative estimate of drug-likeness (QED) is 0.653. The zero-order valence-corrected chi connectivity index (χ0v) is 8.52. The Morgan fingerprint density at radius 2 is 2.00 bits per heavy atom. The van der Waals surface area contributed by atoms with Gasteiger partial charge in [0, 0.05) is 13.1 Å². The summed E-state index contributed by atoms with van der Waals surface area (Å²) in [7, 11) is 0. The summed E-state index contributed by atoms with van der Waals surface area (Å²) in [6.07, 6.45) is 4.43. The smallest absolute Gasteiger partial charge is 0.235 e. The molecule has 0 spiro atoms. The normalized spacial score (nSPS) is 20.7. The number of thiol groups is 1. The maximum atomic E-state index is 11.6. The Morgan fingerprint density at radius 3 is 2.50 bits per heavy atom. The van der Waals surface area contributed by atoms with Gasteiger partial charge in [-0.15, -0.1) is 0 Å². The van der Waals surface area contributed by atoms with E-state index in [1.54, 1.807) is 0 Å². The van der Waals surface area contributed by atoms with Crippen LogP contribution in [-0.2, 0) is 4.79 Å². The van der Waals surface area contributed by atoms with Crippen LogP contribution in [-0.4, -0.2) is 29.1 Å². The van der Waals surface area contributed by atoms with Crippen LogP contribution >= 0.6 is 12.6 Å². The number of amides is 1. The molecule has 0 aromatic carbocycles. The molecule has 0 saturated carbocycles. The van der Waals surface area contributed by atoms with E-state index in [2.05, 4.69) is 12.6 Å². The van der Waals surface area contributed by atoms with Crippen molar-refractivity contribution in [3.8, 4) is 0 Å². The van der Waals surface area contributed by atoms with E-state index in [1.165, 1.54) is 6.42 Å². The first-order valence-electron chi connectivity index (χ1n) is 4.72. The summed E-state index contributed by atoms with van der Waals surface area (Å²) in [5.41, 5.74) is 0. The van der Waals surface area contributed by atoms with Gasteiger partial charge < -0.3 is 4.90 Å². The zero-order valence-electron chi connectivity index (χ0n) is 7.62. The lowest BCUT2D eigenvalue weighted by Crippen LogP contribution is -2.40. The Bertz CT molecular complexity index is 155. The van der Waals surface area contributed by atoms with Gasteiger partial charge in [-0.2, -0.15) is 12.6 Å². The van der Waals surface area contributed by atoms with E-state index >= 15 is 0 Å². The fourth-order valence-corrected chi connectivity index (χ4v) is 1.66. The molecular formula is C9H17NOS. The van der Waals surface area contributed by atoms with E-state index in [1.807, 2.05) is 11.8 Å². The highest BCUT2D eigenvalue weighted by molar-refractivity contribution is 7.81. The maximum absolute atomic E-state index is 11.6. The largest absolute Gasteiger partial charge is 0.342 e. The number of piperidine rings is 1. The van der Waals surface area contributed by atoms with Crippen LogP contribution in [0.3, 0.4) is 0 Å². The second kappa shape index (κ2) is 4.75. The minimum atomic E-state index is -0.0805. The zero-order chi connectivity index (χ0) is 8.97.